The average Bonchev–Trinajstić information content (AvgIpc) is 2.36. The normalized spacial score (nSPS) is 9.83. The Balaban J connectivity index is 2.65. The third kappa shape index (κ3) is 3.25. The summed E-state index contributed by atoms with van der Waals surface area (Å²) in [7, 11) is 0. The zero-order valence-electron chi connectivity index (χ0n) is 9.17. The van der Waals surface area contributed by atoms with E-state index < -0.39 is 35.6 Å². The highest BCUT2D eigenvalue weighted by Crippen LogP contribution is 2.37. The molecule has 0 bridgehead atoms. The highest BCUT2D eigenvalue weighted by atomic mass is 16.5. The Hall–Kier alpha value is -2.48. The molecule has 0 unspecified atom stereocenters. The molecular formula is C10H12N2O6. The number of carbonyl (C=O) groups is 2. The third-order valence-electron chi connectivity index (χ3n) is 2.14. The molecule has 0 saturated heterocycles. The van der Waals surface area contributed by atoms with Crippen LogP contribution in [0.2, 0.25) is 0 Å². The van der Waals surface area contributed by atoms with E-state index in [0.717, 1.165) is 6.07 Å². The summed E-state index contributed by atoms with van der Waals surface area (Å²) in [5, 5.41) is 38.1. The molecule has 0 fully saturated rings. The molecular weight excluding hydrogens is 244 g/mol. The number of phenolic OH excluding ortho intramolecular Hbond substituents is 3. The Morgan fingerprint density at radius 1 is 1.06 bits per heavy atom. The first-order valence-electron chi connectivity index (χ1n) is 4.88. The molecule has 0 aliphatic carbocycles. The van der Waals surface area contributed by atoms with Gasteiger partial charge in [0.2, 0.25) is 11.7 Å². The van der Waals surface area contributed by atoms with Crippen molar-refractivity contribution in [2.75, 3.05) is 6.54 Å². The van der Waals surface area contributed by atoms with Gasteiger partial charge in [0.25, 0.3) is 5.91 Å². The lowest BCUT2D eigenvalue weighted by Gasteiger charge is -2.07. The summed E-state index contributed by atoms with van der Waals surface area (Å²) in [6.07, 6.45) is -0.293. The number of amides is 2. The van der Waals surface area contributed by atoms with Gasteiger partial charge >= 0.3 is 0 Å². The number of benzene rings is 1. The Labute approximate surface area is 101 Å². The molecule has 2 amide bonds. The number of hydrogen-bond acceptors (Lipinski definition) is 6. The SMILES string of the molecule is O=C(CNC(=O)Cc1ccc(O)c(O)c1O)NO. The van der Waals surface area contributed by atoms with Crippen molar-refractivity contribution < 1.29 is 30.1 Å². The number of hydroxylamine groups is 1. The van der Waals surface area contributed by atoms with E-state index in [0.29, 0.717) is 0 Å². The Kier molecular flexibility index (Phi) is 4.33. The van der Waals surface area contributed by atoms with E-state index in [1.165, 1.54) is 11.5 Å². The van der Waals surface area contributed by atoms with Gasteiger partial charge in [-0.25, -0.2) is 5.48 Å². The van der Waals surface area contributed by atoms with Crippen LogP contribution >= 0.6 is 0 Å². The molecule has 8 heteroatoms. The fourth-order valence-electron chi connectivity index (χ4n) is 1.21. The molecule has 0 heterocycles. The van der Waals surface area contributed by atoms with Crippen LogP contribution in [0.5, 0.6) is 17.2 Å². The fourth-order valence-corrected chi connectivity index (χ4v) is 1.21. The number of rotatable bonds is 4. The molecule has 0 aliphatic heterocycles. The van der Waals surface area contributed by atoms with E-state index in [9.17, 15) is 19.8 Å². The lowest BCUT2D eigenvalue weighted by molar-refractivity contribution is -0.131. The first-order valence-corrected chi connectivity index (χ1v) is 4.88. The molecule has 0 aromatic heterocycles. The van der Waals surface area contributed by atoms with Gasteiger partial charge in [-0.15, -0.1) is 0 Å². The quantitative estimate of drug-likeness (QED) is 0.231. The highest BCUT2D eigenvalue weighted by Gasteiger charge is 2.14. The maximum atomic E-state index is 11.4. The molecule has 0 atom stereocenters. The molecule has 18 heavy (non-hydrogen) atoms. The molecule has 1 aromatic rings. The van der Waals surface area contributed by atoms with Crippen LogP contribution in [0.25, 0.3) is 0 Å². The van der Waals surface area contributed by atoms with Crippen LogP contribution in [-0.4, -0.2) is 38.9 Å². The third-order valence-corrected chi connectivity index (χ3v) is 2.14. The van der Waals surface area contributed by atoms with Crippen molar-refractivity contribution >= 4 is 11.8 Å². The van der Waals surface area contributed by atoms with Gasteiger partial charge in [0, 0.05) is 5.56 Å². The second-order valence-electron chi connectivity index (χ2n) is 3.43. The number of hydrogen-bond donors (Lipinski definition) is 6. The smallest absolute Gasteiger partial charge is 0.262 e. The number of aromatic hydroxyl groups is 3. The topological polar surface area (TPSA) is 139 Å². The van der Waals surface area contributed by atoms with E-state index in [4.69, 9.17) is 10.3 Å². The Morgan fingerprint density at radius 3 is 2.33 bits per heavy atom. The van der Waals surface area contributed by atoms with Crippen molar-refractivity contribution in [3.8, 4) is 17.2 Å². The molecule has 1 aromatic carbocycles. The van der Waals surface area contributed by atoms with Crippen molar-refractivity contribution in [3.63, 3.8) is 0 Å². The predicted octanol–water partition coefficient (Wildman–Crippen LogP) is -1.03. The molecule has 1 rings (SSSR count). The van der Waals surface area contributed by atoms with E-state index in [-0.39, 0.29) is 12.0 Å². The van der Waals surface area contributed by atoms with Crippen LogP contribution < -0.4 is 10.8 Å². The molecule has 6 N–H and O–H groups in total. The molecule has 0 spiro atoms. The van der Waals surface area contributed by atoms with Gasteiger partial charge < -0.3 is 20.6 Å². The summed E-state index contributed by atoms with van der Waals surface area (Å²) in [6, 6.07) is 2.38. The summed E-state index contributed by atoms with van der Waals surface area (Å²) < 4.78 is 0. The van der Waals surface area contributed by atoms with Gasteiger partial charge in [-0.3, -0.25) is 14.8 Å². The zero-order valence-corrected chi connectivity index (χ0v) is 9.17. The van der Waals surface area contributed by atoms with Crippen LogP contribution in [0.3, 0.4) is 0 Å². The molecule has 0 saturated carbocycles. The lowest BCUT2D eigenvalue weighted by Crippen LogP contribution is -2.36. The van der Waals surface area contributed by atoms with Gasteiger partial charge in [0.1, 0.15) is 0 Å². The van der Waals surface area contributed by atoms with Crippen molar-refractivity contribution in [1.29, 1.82) is 0 Å². The van der Waals surface area contributed by atoms with E-state index in [1.54, 1.807) is 0 Å². The Morgan fingerprint density at radius 2 is 1.72 bits per heavy atom. The second kappa shape index (κ2) is 5.73. The van der Waals surface area contributed by atoms with Gasteiger partial charge in [0.05, 0.1) is 13.0 Å². The molecule has 0 radical (unpaired) electrons. The van der Waals surface area contributed by atoms with Gasteiger partial charge in [-0.1, -0.05) is 6.07 Å². The zero-order chi connectivity index (χ0) is 13.7. The minimum atomic E-state index is -0.791. The number of phenols is 3. The molecule has 98 valence electrons. The maximum absolute atomic E-state index is 11.4. The summed E-state index contributed by atoms with van der Waals surface area (Å²) >= 11 is 0. The first kappa shape index (κ1) is 13.6. The maximum Gasteiger partial charge on any atom is 0.262 e. The van der Waals surface area contributed by atoms with Crippen LogP contribution in [0.4, 0.5) is 0 Å². The highest BCUT2D eigenvalue weighted by molar-refractivity contribution is 5.85. The minimum absolute atomic E-state index is 0.0900. The lowest BCUT2D eigenvalue weighted by atomic mass is 10.1. The van der Waals surface area contributed by atoms with E-state index >= 15 is 0 Å². The van der Waals surface area contributed by atoms with Crippen molar-refractivity contribution in [2.24, 2.45) is 0 Å². The van der Waals surface area contributed by atoms with Gasteiger partial charge in [-0.2, -0.15) is 0 Å². The van der Waals surface area contributed by atoms with Gasteiger partial charge in [0.15, 0.2) is 11.5 Å². The predicted molar refractivity (Wildman–Crippen MR) is 58.1 cm³/mol. The second-order valence-corrected chi connectivity index (χ2v) is 3.43. The monoisotopic (exact) mass is 256 g/mol. The van der Waals surface area contributed by atoms with Crippen molar-refractivity contribution in [1.82, 2.24) is 10.8 Å². The van der Waals surface area contributed by atoms with Crippen LogP contribution in [0.1, 0.15) is 5.56 Å². The first-order chi connectivity index (χ1) is 8.45. The van der Waals surface area contributed by atoms with Crippen LogP contribution in [-0.2, 0) is 16.0 Å². The Bertz CT molecular complexity index is 474. The van der Waals surface area contributed by atoms with Crippen molar-refractivity contribution in [3.05, 3.63) is 17.7 Å². The standard InChI is InChI=1S/C10H12N2O6/c13-6-2-1-5(9(16)10(6)17)3-7(14)11-4-8(15)12-18/h1-2,13,16-18H,3-4H2,(H,11,14)(H,12,15). The van der Waals surface area contributed by atoms with Gasteiger partial charge in [-0.05, 0) is 6.07 Å². The largest absolute Gasteiger partial charge is 0.504 e. The fraction of sp³-hybridized carbons (Fsp3) is 0.200. The summed E-state index contributed by atoms with van der Waals surface area (Å²) in [5.74, 6) is -3.21. The van der Waals surface area contributed by atoms with Crippen LogP contribution in [0, 0.1) is 0 Å². The van der Waals surface area contributed by atoms with E-state index in [2.05, 4.69) is 5.32 Å². The molecule has 0 aliphatic rings. The summed E-state index contributed by atoms with van der Waals surface area (Å²) in [4.78, 5) is 22.0. The van der Waals surface area contributed by atoms with E-state index in [1.807, 2.05) is 0 Å². The molecule has 8 nitrogen and oxygen atoms in total. The summed E-state index contributed by atoms with van der Waals surface area (Å²) in [6.45, 7) is -0.417. The number of carbonyl (C=O) groups excluding carboxylic acids is 2. The summed E-state index contributed by atoms with van der Waals surface area (Å²) in [5.41, 5.74) is 1.43. The minimum Gasteiger partial charge on any atom is -0.504 e. The number of nitrogens with one attached hydrogen (secondary N) is 2. The average molecular weight is 256 g/mol. The van der Waals surface area contributed by atoms with Crippen LogP contribution in [0.15, 0.2) is 12.1 Å². The van der Waals surface area contributed by atoms with Crippen molar-refractivity contribution in [2.45, 2.75) is 6.42 Å².